The SMILES string of the molecule is COc1cccc2c1OC[C@H](NC(=O)N(C)Cc1c(C)noc1C)C2. The van der Waals surface area contributed by atoms with Gasteiger partial charge in [-0.1, -0.05) is 17.3 Å². The molecule has 2 aromatic rings. The number of nitrogens with one attached hydrogen (secondary N) is 1. The molecule has 0 bridgehead atoms. The standard InChI is InChI=1S/C18H23N3O4/c1-11-15(12(2)25-20-11)9-21(3)18(22)19-14-8-13-6-5-7-16(23-4)17(13)24-10-14/h5-7,14H,8-10H2,1-4H3,(H,19,22)/t14-/m1/s1. The number of ether oxygens (including phenoxy) is 2. The minimum absolute atomic E-state index is 0.0841. The fourth-order valence-electron chi connectivity index (χ4n) is 2.97. The molecule has 0 aliphatic carbocycles. The molecule has 0 saturated carbocycles. The molecule has 3 rings (SSSR count). The molecule has 0 spiro atoms. The van der Waals surface area contributed by atoms with Crippen LogP contribution in [0.3, 0.4) is 0 Å². The Bertz CT molecular complexity index is 752. The number of aromatic nitrogens is 1. The van der Waals surface area contributed by atoms with E-state index in [0.717, 1.165) is 34.1 Å². The van der Waals surface area contributed by atoms with Crippen molar-refractivity contribution >= 4 is 6.03 Å². The fourth-order valence-corrected chi connectivity index (χ4v) is 2.97. The van der Waals surface area contributed by atoms with Crippen LogP contribution in [0.5, 0.6) is 11.5 Å². The first-order chi connectivity index (χ1) is 12.0. The number of aryl methyl sites for hydroxylation is 2. The minimum atomic E-state index is -0.153. The number of urea groups is 1. The van der Waals surface area contributed by atoms with E-state index in [1.165, 1.54) is 0 Å². The first-order valence-electron chi connectivity index (χ1n) is 8.21. The highest BCUT2D eigenvalue weighted by Gasteiger charge is 2.25. The lowest BCUT2D eigenvalue weighted by molar-refractivity contribution is 0.185. The molecule has 1 atom stereocenters. The fraction of sp³-hybridized carbons (Fsp3) is 0.444. The van der Waals surface area contributed by atoms with Crippen molar-refractivity contribution in [3.05, 3.63) is 40.8 Å². The summed E-state index contributed by atoms with van der Waals surface area (Å²) in [6, 6.07) is 5.55. The lowest BCUT2D eigenvalue weighted by Gasteiger charge is -2.29. The first kappa shape index (κ1) is 17.1. The first-order valence-corrected chi connectivity index (χ1v) is 8.21. The lowest BCUT2D eigenvalue weighted by Crippen LogP contribution is -2.47. The van der Waals surface area contributed by atoms with Gasteiger partial charge in [-0.15, -0.1) is 0 Å². The topological polar surface area (TPSA) is 76.8 Å². The van der Waals surface area contributed by atoms with E-state index in [1.807, 2.05) is 32.0 Å². The summed E-state index contributed by atoms with van der Waals surface area (Å²) in [6.45, 7) is 4.58. The zero-order chi connectivity index (χ0) is 18.0. The number of fused-ring (bicyclic) bond motifs is 1. The molecule has 0 fully saturated rings. The molecule has 1 N–H and O–H groups in total. The van der Waals surface area contributed by atoms with Gasteiger partial charge in [0.2, 0.25) is 0 Å². The molecule has 0 radical (unpaired) electrons. The molecule has 134 valence electrons. The summed E-state index contributed by atoms with van der Waals surface area (Å²) in [5.41, 5.74) is 2.77. The number of carbonyl (C=O) groups is 1. The lowest BCUT2D eigenvalue weighted by atomic mass is 10.0. The number of hydrogen-bond acceptors (Lipinski definition) is 5. The molecule has 7 heteroatoms. The predicted molar refractivity (Wildman–Crippen MR) is 92.0 cm³/mol. The number of amides is 2. The van der Waals surface area contributed by atoms with Crippen molar-refractivity contribution in [2.45, 2.75) is 32.9 Å². The summed E-state index contributed by atoms with van der Waals surface area (Å²) in [5, 5.41) is 6.94. The molecule has 2 heterocycles. The van der Waals surface area contributed by atoms with Crippen LogP contribution in [-0.4, -0.2) is 42.9 Å². The molecule has 2 amide bonds. The summed E-state index contributed by atoms with van der Waals surface area (Å²) in [4.78, 5) is 14.1. The second-order valence-electron chi connectivity index (χ2n) is 6.27. The van der Waals surface area contributed by atoms with Crippen molar-refractivity contribution in [2.24, 2.45) is 0 Å². The van der Waals surface area contributed by atoms with E-state index in [-0.39, 0.29) is 12.1 Å². The summed E-state index contributed by atoms with van der Waals surface area (Å²) < 4.78 is 16.3. The Balaban J connectivity index is 1.62. The van der Waals surface area contributed by atoms with Gasteiger partial charge in [0.15, 0.2) is 11.5 Å². The molecule has 1 aromatic carbocycles. The highest BCUT2D eigenvalue weighted by molar-refractivity contribution is 5.74. The van der Waals surface area contributed by atoms with E-state index in [2.05, 4.69) is 10.5 Å². The molecule has 7 nitrogen and oxygen atoms in total. The van der Waals surface area contributed by atoms with Crippen molar-refractivity contribution in [1.29, 1.82) is 0 Å². The van der Waals surface area contributed by atoms with Gasteiger partial charge in [0, 0.05) is 18.2 Å². The van der Waals surface area contributed by atoms with Crippen LogP contribution in [0.25, 0.3) is 0 Å². The third-order valence-corrected chi connectivity index (χ3v) is 4.43. The predicted octanol–water partition coefficient (Wildman–Crippen LogP) is 2.45. The maximum Gasteiger partial charge on any atom is 0.317 e. The molecule has 0 saturated heterocycles. The molecule has 1 aromatic heterocycles. The Morgan fingerprint density at radius 1 is 1.44 bits per heavy atom. The van der Waals surface area contributed by atoms with E-state index < -0.39 is 0 Å². The molecular formula is C18H23N3O4. The van der Waals surface area contributed by atoms with E-state index >= 15 is 0 Å². The minimum Gasteiger partial charge on any atom is -0.493 e. The zero-order valence-corrected chi connectivity index (χ0v) is 15.0. The number of carbonyl (C=O) groups excluding carboxylic acids is 1. The van der Waals surface area contributed by atoms with Crippen LogP contribution in [0.4, 0.5) is 4.79 Å². The Kier molecular flexibility index (Phi) is 4.83. The number of para-hydroxylation sites is 1. The van der Waals surface area contributed by atoms with Crippen LogP contribution >= 0.6 is 0 Å². The molecule has 25 heavy (non-hydrogen) atoms. The number of hydrogen-bond donors (Lipinski definition) is 1. The molecular weight excluding hydrogens is 322 g/mol. The Morgan fingerprint density at radius 3 is 2.92 bits per heavy atom. The Labute approximate surface area is 146 Å². The van der Waals surface area contributed by atoms with Crippen LogP contribution in [-0.2, 0) is 13.0 Å². The quantitative estimate of drug-likeness (QED) is 0.921. The zero-order valence-electron chi connectivity index (χ0n) is 15.0. The smallest absolute Gasteiger partial charge is 0.317 e. The average Bonchev–Trinajstić information content (AvgIpc) is 2.92. The summed E-state index contributed by atoms with van der Waals surface area (Å²) in [6.07, 6.45) is 0.706. The monoisotopic (exact) mass is 345 g/mol. The van der Waals surface area contributed by atoms with Gasteiger partial charge in [-0.05, 0) is 26.3 Å². The summed E-state index contributed by atoms with van der Waals surface area (Å²) in [7, 11) is 3.37. The van der Waals surface area contributed by atoms with Crippen molar-refractivity contribution < 1.29 is 18.8 Å². The van der Waals surface area contributed by atoms with Crippen LogP contribution in [0.15, 0.2) is 22.7 Å². The number of methoxy groups -OCH3 is 1. The van der Waals surface area contributed by atoms with Crippen molar-refractivity contribution in [2.75, 3.05) is 20.8 Å². The van der Waals surface area contributed by atoms with Gasteiger partial charge in [0.1, 0.15) is 12.4 Å². The van der Waals surface area contributed by atoms with E-state index in [1.54, 1.807) is 19.1 Å². The molecule has 0 unspecified atom stereocenters. The van der Waals surface area contributed by atoms with Crippen molar-refractivity contribution in [3.8, 4) is 11.5 Å². The Morgan fingerprint density at radius 2 is 2.24 bits per heavy atom. The van der Waals surface area contributed by atoms with Gasteiger partial charge in [0.25, 0.3) is 0 Å². The Hall–Kier alpha value is -2.70. The van der Waals surface area contributed by atoms with Gasteiger partial charge >= 0.3 is 6.03 Å². The van der Waals surface area contributed by atoms with Gasteiger partial charge < -0.3 is 24.2 Å². The van der Waals surface area contributed by atoms with E-state index in [9.17, 15) is 4.79 Å². The normalized spacial score (nSPS) is 15.9. The third-order valence-electron chi connectivity index (χ3n) is 4.43. The van der Waals surface area contributed by atoms with Crippen LogP contribution in [0.2, 0.25) is 0 Å². The summed E-state index contributed by atoms with van der Waals surface area (Å²) in [5.74, 6) is 2.22. The van der Waals surface area contributed by atoms with Crippen molar-refractivity contribution in [3.63, 3.8) is 0 Å². The van der Waals surface area contributed by atoms with E-state index in [0.29, 0.717) is 19.6 Å². The van der Waals surface area contributed by atoms with Gasteiger partial charge in [-0.3, -0.25) is 0 Å². The maximum absolute atomic E-state index is 12.5. The van der Waals surface area contributed by atoms with Gasteiger partial charge in [0.05, 0.1) is 25.4 Å². The van der Waals surface area contributed by atoms with Crippen LogP contribution in [0, 0.1) is 13.8 Å². The van der Waals surface area contributed by atoms with Gasteiger partial charge in [-0.2, -0.15) is 0 Å². The number of benzene rings is 1. The second kappa shape index (κ2) is 7.04. The largest absolute Gasteiger partial charge is 0.493 e. The highest BCUT2D eigenvalue weighted by Crippen LogP contribution is 2.34. The van der Waals surface area contributed by atoms with Crippen LogP contribution in [0.1, 0.15) is 22.6 Å². The average molecular weight is 345 g/mol. The summed E-state index contributed by atoms with van der Waals surface area (Å²) >= 11 is 0. The molecule has 1 aliphatic rings. The number of nitrogens with zero attached hydrogens (tertiary/aromatic N) is 2. The highest BCUT2D eigenvalue weighted by atomic mass is 16.5. The van der Waals surface area contributed by atoms with E-state index in [4.69, 9.17) is 14.0 Å². The third kappa shape index (κ3) is 3.55. The van der Waals surface area contributed by atoms with Gasteiger partial charge in [-0.25, -0.2) is 4.79 Å². The van der Waals surface area contributed by atoms with Crippen LogP contribution < -0.4 is 14.8 Å². The maximum atomic E-state index is 12.5. The second-order valence-corrected chi connectivity index (χ2v) is 6.27. The number of rotatable bonds is 4. The van der Waals surface area contributed by atoms with Crippen molar-refractivity contribution in [1.82, 2.24) is 15.4 Å². The molecule has 1 aliphatic heterocycles.